The van der Waals surface area contributed by atoms with E-state index >= 15 is 0 Å². The van der Waals surface area contributed by atoms with Gasteiger partial charge in [0.1, 0.15) is 23.5 Å². The normalized spacial score (nSPS) is 17.5. The van der Waals surface area contributed by atoms with Gasteiger partial charge in [-0.15, -0.1) is 0 Å². The van der Waals surface area contributed by atoms with E-state index in [4.69, 9.17) is 4.74 Å². The van der Waals surface area contributed by atoms with Crippen molar-refractivity contribution in [2.24, 2.45) is 0 Å². The van der Waals surface area contributed by atoms with Gasteiger partial charge in [0.05, 0.1) is 11.0 Å². The number of nitrogens with zero attached hydrogens (tertiary/aromatic N) is 4. The number of rotatable bonds is 7. The third-order valence-electron chi connectivity index (χ3n) is 4.90. The first-order valence-corrected chi connectivity index (χ1v) is 10.3. The van der Waals surface area contributed by atoms with Crippen LogP contribution in [0.5, 0.6) is 5.75 Å². The monoisotopic (exact) mass is 446 g/mol. The molecule has 0 radical (unpaired) electrons. The van der Waals surface area contributed by atoms with Crippen LogP contribution in [-0.4, -0.2) is 49.0 Å². The molecule has 0 bridgehead atoms. The van der Waals surface area contributed by atoms with Crippen molar-refractivity contribution in [1.29, 1.82) is 0 Å². The number of ketones is 1. The van der Waals surface area contributed by atoms with Crippen LogP contribution >= 0.6 is 15.9 Å². The van der Waals surface area contributed by atoms with E-state index in [9.17, 15) is 4.79 Å². The van der Waals surface area contributed by atoms with Gasteiger partial charge >= 0.3 is 0 Å². The van der Waals surface area contributed by atoms with Crippen LogP contribution in [0.4, 0.5) is 11.8 Å². The standard InChI is InChI=1S/C21H27BrN4O2/c1-14(11-15(2)27)16-5-7-17(8-6-16)28-18-9-10-26(13-18)20-19(22)12-23-21(24-20)25(3)4/h5-8,12,14,18H,9-11,13H2,1-4H3/t14-,18-/m1/s1. The Morgan fingerprint density at radius 2 is 2.07 bits per heavy atom. The molecular weight excluding hydrogens is 420 g/mol. The number of benzene rings is 1. The second-order valence-corrected chi connectivity index (χ2v) is 8.44. The first kappa shape index (κ1) is 20.6. The molecule has 2 aromatic rings. The zero-order valence-corrected chi connectivity index (χ0v) is 18.4. The molecule has 0 unspecified atom stereocenters. The van der Waals surface area contributed by atoms with Gasteiger partial charge in [0.2, 0.25) is 5.95 Å². The van der Waals surface area contributed by atoms with E-state index in [0.29, 0.717) is 12.4 Å². The smallest absolute Gasteiger partial charge is 0.226 e. The van der Waals surface area contributed by atoms with Gasteiger partial charge < -0.3 is 19.3 Å². The Kier molecular flexibility index (Phi) is 6.54. The maximum atomic E-state index is 11.3. The zero-order valence-electron chi connectivity index (χ0n) is 16.9. The van der Waals surface area contributed by atoms with Crippen LogP contribution in [0.3, 0.4) is 0 Å². The minimum absolute atomic E-state index is 0.116. The van der Waals surface area contributed by atoms with E-state index in [0.717, 1.165) is 41.1 Å². The summed E-state index contributed by atoms with van der Waals surface area (Å²) in [6, 6.07) is 8.11. The van der Waals surface area contributed by atoms with Gasteiger partial charge in [-0.05, 0) is 46.5 Å². The SMILES string of the molecule is CC(=O)C[C@@H](C)c1ccc(O[C@@H]2CCN(c3nc(N(C)C)ncc3Br)C2)cc1. The molecular formula is C21H27BrN4O2. The Labute approximate surface area is 175 Å². The van der Waals surface area contributed by atoms with Crippen LogP contribution in [0.25, 0.3) is 0 Å². The Morgan fingerprint density at radius 3 is 2.71 bits per heavy atom. The lowest BCUT2D eigenvalue weighted by Gasteiger charge is -2.21. The molecule has 2 atom stereocenters. The Hall–Kier alpha value is -2.15. The van der Waals surface area contributed by atoms with Gasteiger partial charge in [0.25, 0.3) is 0 Å². The van der Waals surface area contributed by atoms with E-state index in [1.807, 2.05) is 31.1 Å². The van der Waals surface area contributed by atoms with Crippen molar-refractivity contribution in [2.45, 2.75) is 38.7 Å². The molecule has 0 N–H and O–H groups in total. The number of Topliss-reactive ketones (excluding diaryl/α,β-unsaturated/α-hetero) is 1. The quantitative estimate of drug-likeness (QED) is 0.639. The van der Waals surface area contributed by atoms with Crippen molar-refractivity contribution < 1.29 is 9.53 Å². The molecule has 1 aliphatic rings. The molecule has 7 heteroatoms. The Bertz CT molecular complexity index is 826. The lowest BCUT2D eigenvalue weighted by atomic mass is 9.96. The van der Waals surface area contributed by atoms with Crippen molar-refractivity contribution >= 4 is 33.5 Å². The van der Waals surface area contributed by atoms with Crippen molar-refractivity contribution in [3.8, 4) is 5.75 Å². The highest BCUT2D eigenvalue weighted by Gasteiger charge is 2.27. The molecule has 0 amide bonds. The second kappa shape index (κ2) is 8.90. The molecule has 0 saturated carbocycles. The maximum absolute atomic E-state index is 11.3. The molecule has 3 rings (SSSR count). The van der Waals surface area contributed by atoms with E-state index in [1.165, 1.54) is 0 Å². The van der Waals surface area contributed by atoms with E-state index in [1.54, 1.807) is 13.1 Å². The first-order chi connectivity index (χ1) is 13.3. The summed E-state index contributed by atoms with van der Waals surface area (Å²) in [5, 5.41) is 0. The van der Waals surface area contributed by atoms with E-state index in [2.05, 4.69) is 49.9 Å². The summed E-state index contributed by atoms with van der Waals surface area (Å²) in [6.07, 6.45) is 3.42. The van der Waals surface area contributed by atoms with Gasteiger partial charge in [-0.3, -0.25) is 0 Å². The number of carbonyl (C=O) groups is 1. The van der Waals surface area contributed by atoms with Crippen molar-refractivity contribution in [1.82, 2.24) is 9.97 Å². The third-order valence-corrected chi connectivity index (χ3v) is 5.46. The first-order valence-electron chi connectivity index (χ1n) is 9.54. The van der Waals surface area contributed by atoms with Gasteiger partial charge in [0.15, 0.2) is 0 Å². The molecule has 1 saturated heterocycles. The third kappa shape index (κ3) is 5.01. The summed E-state index contributed by atoms with van der Waals surface area (Å²) >= 11 is 3.56. The van der Waals surface area contributed by atoms with Crippen LogP contribution in [-0.2, 0) is 4.79 Å². The largest absolute Gasteiger partial charge is 0.489 e. The van der Waals surface area contributed by atoms with Gasteiger partial charge in [-0.1, -0.05) is 19.1 Å². The van der Waals surface area contributed by atoms with E-state index < -0.39 is 0 Å². The summed E-state index contributed by atoms with van der Waals surface area (Å²) in [5.74, 6) is 2.90. The van der Waals surface area contributed by atoms with Crippen LogP contribution in [0.2, 0.25) is 0 Å². The predicted octanol–water partition coefficient (Wildman–Crippen LogP) is 4.05. The lowest BCUT2D eigenvalue weighted by molar-refractivity contribution is -0.117. The molecule has 1 aromatic carbocycles. The van der Waals surface area contributed by atoms with Crippen LogP contribution in [0.15, 0.2) is 34.9 Å². The zero-order chi connectivity index (χ0) is 20.3. The highest BCUT2D eigenvalue weighted by Crippen LogP contribution is 2.30. The fourth-order valence-corrected chi connectivity index (χ4v) is 3.86. The molecule has 0 aliphatic carbocycles. The number of anilines is 2. The van der Waals surface area contributed by atoms with Crippen LogP contribution < -0.4 is 14.5 Å². The lowest BCUT2D eigenvalue weighted by Crippen LogP contribution is -2.26. The number of hydrogen-bond acceptors (Lipinski definition) is 6. The number of halogens is 1. The van der Waals surface area contributed by atoms with Gasteiger partial charge in [-0.2, -0.15) is 4.98 Å². The minimum atomic E-state index is 0.116. The fraction of sp³-hybridized carbons (Fsp3) is 0.476. The second-order valence-electron chi connectivity index (χ2n) is 7.59. The number of ether oxygens (including phenoxy) is 1. The summed E-state index contributed by atoms with van der Waals surface area (Å²) in [6.45, 7) is 5.39. The average Bonchev–Trinajstić information content (AvgIpc) is 3.10. The van der Waals surface area contributed by atoms with Crippen molar-refractivity contribution in [3.05, 3.63) is 40.5 Å². The Morgan fingerprint density at radius 1 is 1.36 bits per heavy atom. The summed E-state index contributed by atoms with van der Waals surface area (Å²) in [4.78, 5) is 24.4. The van der Waals surface area contributed by atoms with Gasteiger partial charge in [-0.25, -0.2) is 4.98 Å². The Balaban J connectivity index is 1.62. The molecule has 1 fully saturated rings. The topological polar surface area (TPSA) is 58.6 Å². The minimum Gasteiger partial charge on any atom is -0.489 e. The summed E-state index contributed by atoms with van der Waals surface area (Å²) in [5.41, 5.74) is 1.16. The average molecular weight is 447 g/mol. The molecule has 2 heterocycles. The molecule has 0 spiro atoms. The molecule has 28 heavy (non-hydrogen) atoms. The van der Waals surface area contributed by atoms with Crippen molar-refractivity contribution in [2.75, 3.05) is 37.0 Å². The highest BCUT2D eigenvalue weighted by atomic mass is 79.9. The van der Waals surface area contributed by atoms with Crippen molar-refractivity contribution in [3.63, 3.8) is 0 Å². The highest BCUT2D eigenvalue weighted by molar-refractivity contribution is 9.10. The number of carbonyl (C=O) groups excluding carboxylic acids is 1. The molecule has 6 nitrogen and oxygen atoms in total. The summed E-state index contributed by atoms with van der Waals surface area (Å²) in [7, 11) is 3.87. The number of hydrogen-bond donors (Lipinski definition) is 0. The van der Waals surface area contributed by atoms with E-state index in [-0.39, 0.29) is 17.8 Å². The molecule has 150 valence electrons. The van der Waals surface area contributed by atoms with Gasteiger partial charge in [0, 0.05) is 39.7 Å². The maximum Gasteiger partial charge on any atom is 0.226 e. The number of aromatic nitrogens is 2. The van der Waals surface area contributed by atoms with Crippen LogP contribution in [0.1, 0.15) is 38.2 Å². The van der Waals surface area contributed by atoms with Crippen LogP contribution in [0, 0.1) is 0 Å². The summed E-state index contributed by atoms with van der Waals surface area (Å²) < 4.78 is 7.07. The fourth-order valence-electron chi connectivity index (χ4n) is 3.42. The predicted molar refractivity (Wildman–Crippen MR) is 115 cm³/mol. The molecule has 1 aromatic heterocycles. The molecule has 1 aliphatic heterocycles.